The smallest absolute Gasteiger partial charge is 0.262 e. The number of ether oxygens (including phenoxy) is 1. The maximum atomic E-state index is 12.5. The highest BCUT2D eigenvalue weighted by molar-refractivity contribution is 7.92. The Kier molecular flexibility index (Phi) is 6.59. The van der Waals surface area contributed by atoms with Crippen molar-refractivity contribution < 1.29 is 17.9 Å². The van der Waals surface area contributed by atoms with E-state index in [9.17, 15) is 13.2 Å². The first kappa shape index (κ1) is 19.7. The fraction of sp³-hybridized carbons (Fsp3) is 0.278. The van der Waals surface area contributed by atoms with Gasteiger partial charge in [-0.3, -0.25) is 9.52 Å². The number of hydrogen-bond donors (Lipinski definition) is 3. The van der Waals surface area contributed by atoms with E-state index in [0.29, 0.717) is 23.5 Å². The quantitative estimate of drug-likeness (QED) is 0.652. The molecule has 0 spiro atoms. The molecule has 1 unspecified atom stereocenters. The van der Waals surface area contributed by atoms with Gasteiger partial charge >= 0.3 is 0 Å². The largest absolute Gasteiger partial charge is 0.495 e. The van der Waals surface area contributed by atoms with E-state index in [1.54, 1.807) is 24.3 Å². The van der Waals surface area contributed by atoms with Crippen molar-refractivity contribution >= 4 is 21.6 Å². The summed E-state index contributed by atoms with van der Waals surface area (Å²) >= 11 is 0. The molecule has 0 aliphatic carbocycles. The van der Waals surface area contributed by atoms with Crippen LogP contribution in [0.4, 0.5) is 5.69 Å². The minimum Gasteiger partial charge on any atom is -0.495 e. The molecule has 7 nitrogen and oxygen atoms in total. The second-order valence-corrected chi connectivity index (χ2v) is 7.41. The van der Waals surface area contributed by atoms with Gasteiger partial charge in [0.2, 0.25) is 0 Å². The fourth-order valence-corrected chi connectivity index (χ4v) is 3.24. The molecule has 1 atom stereocenters. The lowest BCUT2D eigenvalue weighted by Gasteiger charge is -2.13. The standard InChI is InChI=1S/C18H23N3O4S/c1-13(19-2)12-20-18(22)14-8-10-15(11-9-14)26(23,24)21-16-6-4-5-7-17(16)25-3/h4-11,13,19,21H,12H2,1-3H3,(H,20,22). The minimum atomic E-state index is -3.79. The summed E-state index contributed by atoms with van der Waals surface area (Å²) in [5, 5.41) is 5.80. The molecule has 0 saturated heterocycles. The molecule has 3 N–H and O–H groups in total. The van der Waals surface area contributed by atoms with Gasteiger partial charge in [-0.2, -0.15) is 0 Å². The fourth-order valence-electron chi connectivity index (χ4n) is 2.17. The van der Waals surface area contributed by atoms with E-state index in [-0.39, 0.29) is 16.8 Å². The van der Waals surface area contributed by atoms with E-state index in [1.807, 2.05) is 14.0 Å². The molecule has 0 bridgehead atoms. The van der Waals surface area contributed by atoms with E-state index >= 15 is 0 Å². The summed E-state index contributed by atoms with van der Waals surface area (Å²) in [6.07, 6.45) is 0. The number of amides is 1. The van der Waals surface area contributed by atoms with Crippen molar-refractivity contribution in [1.29, 1.82) is 0 Å². The minimum absolute atomic E-state index is 0.0588. The van der Waals surface area contributed by atoms with Crippen LogP contribution in [0.25, 0.3) is 0 Å². The lowest BCUT2D eigenvalue weighted by Crippen LogP contribution is -2.37. The summed E-state index contributed by atoms with van der Waals surface area (Å²) in [6, 6.07) is 12.6. The molecule has 140 valence electrons. The highest BCUT2D eigenvalue weighted by atomic mass is 32.2. The zero-order valence-electron chi connectivity index (χ0n) is 14.9. The third-order valence-corrected chi connectivity index (χ3v) is 5.22. The molecule has 0 heterocycles. The van der Waals surface area contributed by atoms with Gasteiger partial charge in [0.15, 0.2) is 0 Å². The Morgan fingerprint density at radius 2 is 1.77 bits per heavy atom. The molecule has 2 rings (SSSR count). The SMILES string of the molecule is CNC(C)CNC(=O)c1ccc(S(=O)(=O)Nc2ccccc2OC)cc1. The van der Waals surface area contributed by atoms with Gasteiger partial charge in [0, 0.05) is 18.2 Å². The van der Waals surface area contributed by atoms with E-state index in [2.05, 4.69) is 15.4 Å². The van der Waals surface area contributed by atoms with Gasteiger partial charge in [-0.15, -0.1) is 0 Å². The van der Waals surface area contributed by atoms with Gasteiger partial charge in [0.1, 0.15) is 5.75 Å². The Hall–Kier alpha value is -2.58. The number of hydrogen-bond acceptors (Lipinski definition) is 5. The molecule has 1 amide bonds. The second-order valence-electron chi connectivity index (χ2n) is 5.73. The van der Waals surface area contributed by atoms with Crippen LogP contribution in [0.2, 0.25) is 0 Å². The van der Waals surface area contributed by atoms with Crippen LogP contribution in [-0.2, 0) is 10.0 Å². The van der Waals surface area contributed by atoms with Gasteiger partial charge in [0.25, 0.3) is 15.9 Å². The van der Waals surface area contributed by atoms with Gasteiger partial charge in [-0.1, -0.05) is 12.1 Å². The number of likely N-dealkylation sites (N-methyl/N-ethyl adjacent to an activating group) is 1. The number of sulfonamides is 1. The number of nitrogens with one attached hydrogen (secondary N) is 3. The summed E-state index contributed by atoms with van der Waals surface area (Å²) in [6.45, 7) is 2.42. The van der Waals surface area contributed by atoms with Crippen molar-refractivity contribution in [3.63, 3.8) is 0 Å². The topological polar surface area (TPSA) is 96.5 Å². The van der Waals surface area contributed by atoms with Crippen molar-refractivity contribution in [2.24, 2.45) is 0 Å². The molecule has 8 heteroatoms. The van der Waals surface area contributed by atoms with Crippen LogP contribution in [0.5, 0.6) is 5.75 Å². The average molecular weight is 377 g/mol. The number of carbonyl (C=O) groups is 1. The molecule has 26 heavy (non-hydrogen) atoms. The average Bonchev–Trinajstić information content (AvgIpc) is 2.66. The summed E-state index contributed by atoms with van der Waals surface area (Å²) in [5.74, 6) is 0.166. The Morgan fingerprint density at radius 1 is 1.12 bits per heavy atom. The number of anilines is 1. The molecular formula is C18H23N3O4S. The molecule has 0 aromatic heterocycles. The van der Waals surface area contributed by atoms with Gasteiger partial charge in [0.05, 0.1) is 17.7 Å². The van der Waals surface area contributed by atoms with Crippen LogP contribution in [-0.4, -0.2) is 41.1 Å². The Balaban J connectivity index is 2.12. The molecule has 0 aliphatic rings. The summed E-state index contributed by atoms with van der Waals surface area (Å²) < 4.78 is 32.7. The molecular weight excluding hydrogens is 354 g/mol. The van der Waals surface area contributed by atoms with Crippen molar-refractivity contribution in [3.05, 3.63) is 54.1 Å². The lowest BCUT2D eigenvalue weighted by molar-refractivity contribution is 0.0950. The normalized spacial score (nSPS) is 12.3. The van der Waals surface area contributed by atoms with E-state index in [0.717, 1.165) is 0 Å². The zero-order valence-corrected chi connectivity index (χ0v) is 15.8. The summed E-state index contributed by atoms with van der Waals surface area (Å²) in [5.41, 5.74) is 0.738. The van der Waals surface area contributed by atoms with E-state index in [1.165, 1.54) is 31.4 Å². The highest BCUT2D eigenvalue weighted by Crippen LogP contribution is 2.26. The Bertz CT molecular complexity index is 851. The van der Waals surface area contributed by atoms with Crippen LogP contribution in [0, 0.1) is 0 Å². The molecule has 0 saturated carbocycles. The van der Waals surface area contributed by atoms with Crippen LogP contribution < -0.4 is 20.1 Å². The Labute approximate surface area is 153 Å². The molecule has 0 aliphatic heterocycles. The summed E-state index contributed by atoms with van der Waals surface area (Å²) in [7, 11) is -0.511. The van der Waals surface area contributed by atoms with Crippen molar-refractivity contribution in [1.82, 2.24) is 10.6 Å². The monoisotopic (exact) mass is 377 g/mol. The van der Waals surface area contributed by atoms with Crippen LogP contribution in [0.3, 0.4) is 0 Å². The van der Waals surface area contributed by atoms with Crippen molar-refractivity contribution in [2.75, 3.05) is 25.4 Å². The maximum Gasteiger partial charge on any atom is 0.262 e. The number of rotatable bonds is 8. The summed E-state index contributed by atoms with van der Waals surface area (Å²) in [4.78, 5) is 12.1. The number of methoxy groups -OCH3 is 1. The number of carbonyl (C=O) groups excluding carboxylic acids is 1. The first-order valence-corrected chi connectivity index (χ1v) is 9.57. The van der Waals surface area contributed by atoms with Crippen LogP contribution >= 0.6 is 0 Å². The molecule has 0 fully saturated rings. The molecule has 0 radical (unpaired) electrons. The van der Waals surface area contributed by atoms with Gasteiger partial charge in [-0.05, 0) is 50.4 Å². The first-order chi connectivity index (χ1) is 12.4. The maximum absolute atomic E-state index is 12.5. The Morgan fingerprint density at radius 3 is 2.38 bits per heavy atom. The third-order valence-electron chi connectivity index (χ3n) is 3.84. The number of benzene rings is 2. The first-order valence-electron chi connectivity index (χ1n) is 8.08. The zero-order chi connectivity index (χ0) is 19.2. The van der Waals surface area contributed by atoms with E-state index < -0.39 is 10.0 Å². The van der Waals surface area contributed by atoms with Gasteiger partial charge in [-0.25, -0.2) is 8.42 Å². The van der Waals surface area contributed by atoms with Crippen LogP contribution in [0.15, 0.2) is 53.4 Å². The predicted molar refractivity (Wildman–Crippen MR) is 101 cm³/mol. The number of para-hydroxylation sites is 2. The predicted octanol–water partition coefficient (Wildman–Crippen LogP) is 1.83. The van der Waals surface area contributed by atoms with Crippen molar-refractivity contribution in [2.45, 2.75) is 17.9 Å². The lowest BCUT2D eigenvalue weighted by atomic mass is 10.2. The van der Waals surface area contributed by atoms with Crippen LogP contribution in [0.1, 0.15) is 17.3 Å². The molecule has 2 aromatic rings. The second kappa shape index (κ2) is 8.68. The highest BCUT2D eigenvalue weighted by Gasteiger charge is 2.17. The van der Waals surface area contributed by atoms with Gasteiger partial charge < -0.3 is 15.4 Å². The van der Waals surface area contributed by atoms with Crippen molar-refractivity contribution in [3.8, 4) is 5.75 Å². The third kappa shape index (κ3) is 4.96. The van der Waals surface area contributed by atoms with E-state index in [4.69, 9.17) is 4.74 Å². The molecule has 2 aromatic carbocycles.